The lowest BCUT2D eigenvalue weighted by Crippen LogP contribution is -2.47. The summed E-state index contributed by atoms with van der Waals surface area (Å²) in [6.07, 6.45) is 8.26. The molecule has 0 aromatic heterocycles. The highest BCUT2D eigenvalue weighted by Gasteiger charge is 2.36. The third-order valence-electron chi connectivity index (χ3n) is 5.77. The second-order valence-electron chi connectivity index (χ2n) is 7.70. The van der Waals surface area contributed by atoms with Crippen LogP contribution in [0.15, 0.2) is 24.3 Å². The van der Waals surface area contributed by atoms with Crippen molar-refractivity contribution in [1.29, 1.82) is 0 Å². The van der Waals surface area contributed by atoms with Crippen LogP contribution in [0.2, 0.25) is 0 Å². The average Bonchev–Trinajstić information content (AvgIpc) is 3.35. The van der Waals surface area contributed by atoms with E-state index in [4.69, 9.17) is 4.74 Å². The van der Waals surface area contributed by atoms with Gasteiger partial charge in [0.05, 0.1) is 6.10 Å². The summed E-state index contributed by atoms with van der Waals surface area (Å²) in [4.78, 5) is 12.1. The van der Waals surface area contributed by atoms with Crippen LogP contribution in [0.4, 0.5) is 4.79 Å². The van der Waals surface area contributed by atoms with Gasteiger partial charge in [0.1, 0.15) is 0 Å². The van der Waals surface area contributed by atoms with E-state index in [0.29, 0.717) is 12.0 Å². The Hall–Kier alpha value is -1.55. The van der Waals surface area contributed by atoms with Crippen LogP contribution in [0.3, 0.4) is 0 Å². The van der Waals surface area contributed by atoms with E-state index in [1.165, 1.54) is 24.0 Å². The summed E-state index contributed by atoms with van der Waals surface area (Å²) in [5.74, 6) is 1.42. The Morgan fingerprint density at radius 1 is 1.12 bits per heavy atom. The van der Waals surface area contributed by atoms with Gasteiger partial charge in [0, 0.05) is 19.2 Å². The van der Waals surface area contributed by atoms with Crippen LogP contribution in [0.5, 0.6) is 0 Å². The largest absolute Gasteiger partial charge is 0.378 e. The lowest BCUT2D eigenvalue weighted by atomic mass is 10.0. The van der Waals surface area contributed by atoms with Crippen molar-refractivity contribution in [3.05, 3.63) is 35.4 Å². The first-order valence-corrected chi connectivity index (χ1v) is 9.50. The molecule has 3 aliphatic rings. The summed E-state index contributed by atoms with van der Waals surface area (Å²) in [5, 5.41) is 6.20. The molecule has 4 rings (SSSR count). The molecule has 0 bridgehead atoms. The van der Waals surface area contributed by atoms with Crippen LogP contribution in [0.25, 0.3) is 0 Å². The molecule has 0 spiro atoms. The molecular weight excluding hydrogens is 300 g/mol. The molecular formula is C20H28N2O2. The second kappa shape index (κ2) is 7.14. The highest BCUT2D eigenvalue weighted by atomic mass is 16.5. The van der Waals surface area contributed by atoms with Gasteiger partial charge in [-0.05, 0) is 67.9 Å². The lowest BCUT2D eigenvalue weighted by Gasteiger charge is -2.30. The third-order valence-corrected chi connectivity index (χ3v) is 5.77. The van der Waals surface area contributed by atoms with Gasteiger partial charge in [-0.2, -0.15) is 0 Å². The molecule has 2 fully saturated rings. The fourth-order valence-electron chi connectivity index (χ4n) is 4.24. The number of hydrogen-bond acceptors (Lipinski definition) is 2. The number of fused-ring (bicyclic) bond motifs is 1. The fraction of sp³-hybridized carbons (Fsp3) is 0.650. The first-order valence-electron chi connectivity index (χ1n) is 9.50. The van der Waals surface area contributed by atoms with Crippen LogP contribution < -0.4 is 10.6 Å². The minimum atomic E-state index is -0.00745. The molecule has 130 valence electrons. The Kier molecular flexibility index (Phi) is 4.74. The Morgan fingerprint density at radius 2 is 1.88 bits per heavy atom. The number of nitrogens with one attached hydrogen (secondary N) is 2. The Bertz CT molecular complexity index is 560. The van der Waals surface area contributed by atoms with Crippen LogP contribution >= 0.6 is 0 Å². The zero-order chi connectivity index (χ0) is 16.4. The van der Waals surface area contributed by atoms with E-state index in [9.17, 15) is 4.79 Å². The van der Waals surface area contributed by atoms with Gasteiger partial charge in [-0.25, -0.2) is 4.79 Å². The van der Waals surface area contributed by atoms with Crippen LogP contribution in [-0.4, -0.2) is 31.3 Å². The zero-order valence-electron chi connectivity index (χ0n) is 14.3. The number of benzene rings is 1. The molecule has 2 N–H and O–H groups in total. The number of amides is 2. The first kappa shape index (κ1) is 15.9. The van der Waals surface area contributed by atoms with Crippen LogP contribution in [0, 0.1) is 11.8 Å². The number of rotatable bonds is 5. The standard InChI is InChI=1S/C20H28N2O2/c23-20(22-18-8-10-24-19(13-18)15-5-6-15)21-9-7-14-11-16-3-1-2-4-17(16)12-14/h1-4,14-15,18-19H,5-13H2,(H2,21,22,23)/t18-,19+/m1/s1. The minimum Gasteiger partial charge on any atom is -0.378 e. The minimum absolute atomic E-state index is 0.00745. The van der Waals surface area contributed by atoms with Crippen molar-refractivity contribution in [2.45, 2.75) is 57.1 Å². The summed E-state index contributed by atoms with van der Waals surface area (Å²) in [6.45, 7) is 1.55. The van der Waals surface area contributed by atoms with Crippen LogP contribution in [-0.2, 0) is 17.6 Å². The number of ether oxygens (including phenoxy) is 1. The van der Waals surface area contributed by atoms with E-state index in [2.05, 4.69) is 34.9 Å². The van der Waals surface area contributed by atoms with Gasteiger partial charge in [-0.15, -0.1) is 0 Å². The topological polar surface area (TPSA) is 50.4 Å². The maximum Gasteiger partial charge on any atom is 0.315 e. The molecule has 1 saturated carbocycles. The molecule has 4 heteroatoms. The zero-order valence-corrected chi connectivity index (χ0v) is 14.3. The van der Waals surface area contributed by atoms with Gasteiger partial charge in [0.25, 0.3) is 0 Å². The summed E-state index contributed by atoms with van der Waals surface area (Å²) in [5.41, 5.74) is 2.97. The summed E-state index contributed by atoms with van der Waals surface area (Å²) in [6, 6.07) is 8.98. The lowest BCUT2D eigenvalue weighted by molar-refractivity contribution is -0.00913. The molecule has 0 radical (unpaired) electrons. The Labute approximate surface area is 144 Å². The molecule has 1 aliphatic heterocycles. The van der Waals surface area contributed by atoms with Gasteiger partial charge >= 0.3 is 6.03 Å². The predicted octanol–water partition coefficient (Wildman–Crippen LogP) is 3.05. The van der Waals surface area contributed by atoms with Crippen LogP contribution in [0.1, 0.15) is 43.2 Å². The summed E-state index contributed by atoms with van der Waals surface area (Å²) >= 11 is 0. The molecule has 2 aliphatic carbocycles. The van der Waals surface area contributed by atoms with Crippen molar-refractivity contribution in [2.24, 2.45) is 11.8 Å². The molecule has 4 nitrogen and oxygen atoms in total. The molecule has 1 saturated heterocycles. The number of carbonyl (C=O) groups is 1. The van der Waals surface area contributed by atoms with Crippen molar-refractivity contribution < 1.29 is 9.53 Å². The summed E-state index contributed by atoms with van der Waals surface area (Å²) < 4.78 is 5.82. The highest BCUT2D eigenvalue weighted by molar-refractivity contribution is 5.74. The molecule has 1 aromatic rings. The number of carbonyl (C=O) groups excluding carboxylic acids is 1. The van der Waals surface area contributed by atoms with E-state index in [1.54, 1.807) is 0 Å². The molecule has 1 aromatic carbocycles. The SMILES string of the molecule is O=C(NCCC1Cc2ccccc2C1)N[C@@H]1CCO[C@H](C2CC2)C1. The average molecular weight is 328 g/mol. The van der Waals surface area contributed by atoms with Gasteiger partial charge in [0.15, 0.2) is 0 Å². The first-order chi connectivity index (χ1) is 11.8. The van der Waals surface area contributed by atoms with Crippen molar-refractivity contribution in [3.63, 3.8) is 0 Å². The van der Waals surface area contributed by atoms with Crippen molar-refractivity contribution in [1.82, 2.24) is 10.6 Å². The number of urea groups is 1. The van der Waals surface area contributed by atoms with E-state index >= 15 is 0 Å². The smallest absolute Gasteiger partial charge is 0.315 e. The maximum atomic E-state index is 12.1. The van der Waals surface area contributed by atoms with Crippen molar-refractivity contribution >= 4 is 6.03 Å². The monoisotopic (exact) mass is 328 g/mol. The molecule has 1 heterocycles. The molecule has 2 atom stereocenters. The van der Waals surface area contributed by atoms with E-state index in [1.807, 2.05) is 0 Å². The molecule has 2 amide bonds. The third kappa shape index (κ3) is 3.92. The van der Waals surface area contributed by atoms with Gasteiger partial charge in [-0.3, -0.25) is 0 Å². The van der Waals surface area contributed by atoms with Gasteiger partial charge in [-0.1, -0.05) is 24.3 Å². The normalized spacial score (nSPS) is 26.8. The number of hydrogen-bond donors (Lipinski definition) is 2. The Balaban J connectivity index is 1.15. The van der Waals surface area contributed by atoms with E-state index in [0.717, 1.165) is 51.2 Å². The van der Waals surface area contributed by atoms with E-state index < -0.39 is 0 Å². The van der Waals surface area contributed by atoms with Crippen molar-refractivity contribution in [3.8, 4) is 0 Å². The second-order valence-corrected chi connectivity index (χ2v) is 7.70. The summed E-state index contributed by atoms with van der Waals surface area (Å²) in [7, 11) is 0. The molecule has 24 heavy (non-hydrogen) atoms. The van der Waals surface area contributed by atoms with Crippen molar-refractivity contribution in [2.75, 3.05) is 13.2 Å². The quantitative estimate of drug-likeness (QED) is 0.873. The van der Waals surface area contributed by atoms with Gasteiger partial charge < -0.3 is 15.4 Å². The molecule has 0 unspecified atom stereocenters. The highest BCUT2D eigenvalue weighted by Crippen LogP contribution is 2.38. The predicted molar refractivity (Wildman–Crippen MR) is 94.0 cm³/mol. The van der Waals surface area contributed by atoms with E-state index in [-0.39, 0.29) is 12.1 Å². The Morgan fingerprint density at radius 3 is 2.58 bits per heavy atom. The fourth-order valence-corrected chi connectivity index (χ4v) is 4.24. The maximum absolute atomic E-state index is 12.1. The van der Waals surface area contributed by atoms with Gasteiger partial charge in [0.2, 0.25) is 0 Å².